The van der Waals surface area contributed by atoms with E-state index in [2.05, 4.69) is 4.98 Å². The number of rotatable bonds is 6. The lowest BCUT2D eigenvalue weighted by molar-refractivity contribution is 0.408. The summed E-state index contributed by atoms with van der Waals surface area (Å²) < 4.78 is 39.9. The number of benzene rings is 3. The van der Waals surface area contributed by atoms with Crippen molar-refractivity contribution < 1.29 is 17.9 Å². The summed E-state index contributed by atoms with van der Waals surface area (Å²) in [6, 6.07) is 21.0. The zero-order valence-corrected chi connectivity index (χ0v) is 19.4. The molecule has 0 radical (unpaired) electrons. The molecule has 0 aliphatic rings. The van der Waals surface area contributed by atoms with E-state index in [0.29, 0.717) is 28.2 Å². The second kappa shape index (κ2) is 8.35. The van der Waals surface area contributed by atoms with Gasteiger partial charge in [0.2, 0.25) is 9.84 Å². The van der Waals surface area contributed by atoms with Crippen LogP contribution in [0.5, 0.6) is 11.5 Å². The summed E-state index contributed by atoms with van der Waals surface area (Å²) in [4.78, 5) is 9.43. The van der Waals surface area contributed by atoms with Crippen molar-refractivity contribution in [1.82, 2.24) is 14.5 Å². The van der Waals surface area contributed by atoms with E-state index in [9.17, 15) is 8.42 Å². The van der Waals surface area contributed by atoms with Gasteiger partial charge < -0.3 is 19.8 Å². The average Bonchev–Trinajstić information content (AvgIpc) is 3.13. The Morgan fingerprint density at radius 2 is 1.50 bits per heavy atom. The van der Waals surface area contributed by atoms with Crippen LogP contribution in [0.1, 0.15) is 5.56 Å². The minimum Gasteiger partial charge on any atom is -0.497 e. The average molecular weight is 475 g/mol. The Morgan fingerprint density at radius 1 is 0.853 bits per heavy atom. The summed E-state index contributed by atoms with van der Waals surface area (Å²) in [7, 11) is -0.904. The lowest BCUT2D eigenvalue weighted by Crippen LogP contribution is -2.09. The van der Waals surface area contributed by atoms with E-state index < -0.39 is 9.84 Å². The lowest BCUT2D eigenvalue weighted by atomic mass is 10.2. The molecular formula is C25H22N4O4S. The molecule has 3 aromatic carbocycles. The number of hydrogen-bond acceptors (Lipinski definition) is 7. The SMILES string of the molecule is COc1ccc(S(=O)(=O)c2c(N)n(Cc3ccccc3OC)c3nc4ccccc4nc23)cc1. The molecule has 0 saturated carbocycles. The summed E-state index contributed by atoms with van der Waals surface area (Å²) in [5.74, 6) is 1.28. The minimum atomic E-state index is -4.01. The van der Waals surface area contributed by atoms with E-state index in [1.165, 1.54) is 19.2 Å². The van der Waals surface area contributed by atoms with Crippen LogP contribution in [-0.2, 0) is 16.4 Å². The van der Waals surface area contributed by atoms with Crippen LogP contribution in [0.25, 0.3) is 22.2 Å². The van der Waals surface area contributed by atoms with Crippen LogP contribution in [0.3, 0.4) is 0 Å². The normalized spacial score (nSPS) is 11.7. The number of anilines is 1. The van der Waals surface area contributed by atoms with E-state index in [-0.39, 0.29) is 27.7 Å². The monoisotopic (exact) mass is 474 g/mol. The number of hydrogen-bond donors (Lipinski definition) is 1. The molecule has 5 aromatic rings. The topological polar surface area (TPSA) is 109 Å². The van der Waals surface area contributed by atoms with Crippen molar-refractivity contribution in [1.29, 1.82) is 0 Å². The maximum absolute atomic E-state index is 13.8. The van der Waals surface area contributed by atoms with Gasteiger partial charge in [0, 0.05) is 5.56 Å². The maximum atomic E-state index is 13.8. The van der Waals surface area contributed by atoms with Gasteiger partial charge in [-0.3, -0.25) is 0 Å². The quantitative estimate of drug-likeness (QED) is 0.395. The van der Waals surface area contributed by atoms with Crippen LogP contribution in [-0.4, -0.2) is 37.2 Å². The Hall–Kier alpha value is -4.11. The Bertz CT molecular complexity index is 1630. The number of fused-ring (bicyclic) bond motifs is 2. The fourth-order valence-electron chi connectivity index (χ4n) is 3.99. The molecule has 0 spiro atoms. The largest absolute Gasteiger partial charge is 0.497 e. The highest BCUT2D eigenvalue weighted by Gasteiger charge is 2.30. The van der Waals surface area contributed by atoms with Gasteiger partial charge >= 0.3 is 0 Å². The van der Waals surface area contributed by atoms with Gasteiger partial charge in [0.05, 0.1) is 36.7 Å². The minimum absolute atomic E-state index is 0.0621. The highest BCUT2D eigenvalue weighted by molar-refractivity contribution is 7.92. The number of para-hydroxylation sites is 3. The first kappa shape index (κ1) is 21.7. The van der Waals surface area contributed by atoms with Crippen LogP contribution >= 0.6 is 0 Å². The summed E-state index contributed by atoms with van der Waals surface area (Å²) in [5.41, 5.74) is 9.19. The summed E-state index contributed by atoms with van der Waals surface area (Å²) >= 11 is 0. The molecule has 0 aliphatic carbocycles. The molecule has 2 N–H and O–H groups in total. The number of nitrogen functional groups attached to an aromatic ring is 1. The van der Waals surface area contributed by atoms with Crippen LogP contribution < -0.4 is 15.2 Å². The van der Waals surface area contributed by atoms with Crippen molar-refractivity contribution in [2.75, 3.05) is 20.0 Å². The van der Waals surface area contributed by atoms with Gasteiger partial charge in [0.15, 0.2) is 5.65 Å². The number of sulfone groups is 1. The van der Waals surface area contributed by atoms with Crippen LogP contribution in [0.2, 0.25) is 0 Å². The van der Waals surface area contributed by atoms with E-state index in [1.54, 1.807) is 29.9 Å². The van der Waals surface area contributed by atoms with Crippen LogP contribution in [0.15, 0.2) is 82.6 Å². The van der Waals surface area contributed by atoms with Crippen molar-refractivity contribution in [3.63, 3.8) is 0 Å². The van der Waals surface area contributed by atoms with Gasteiger partial charge in [-0.2, -0.15) is 0 Å². The smallest absolute Gasteiger partial charge is 0.212 e. The molecule has 0 unspecified atom stereocenters. The number of aromatic nitrogens is 3. The van der Waals surface area contributed by atoms with Gasteiger partial charge in [-0.05, 0) is 42.5 Å². The summed E-state index contributed by atoms with van der Waals surface area (Å²) in [6.45, 7) is 0.261. The number of nitrogens with two attached hydrogens (primary N) is 1. The third-order valence-electron chi connectivity index (χ3n) is 5.71. The molecule has 172 valence electrons. The third kappa shape index (κ3) is 3.50. The molecule has 0 amide bonds. The van der Waals surface area contributed by atoms with Gasteiger partial charge in [0.1, 0.15) is 27.7 Å². The maximum Gasteiger partial charge on any atom is 0.212 e. The molecule has 5 rings (SSSR count). The Labute approximate surface area is 196 Å². The third-order valence-corrected chi connectivity index (χ3v) is 7.54. The number of methoxy groups -OCH3 is 2. The highest BCUT2D eigenvalue weighted by atomic mass is 32.2. The Balaban J connectivity index is 1.79. The Kier molecular flexibility index (Phi) is 5.33. The van der Waals surface area contributed by atoms with Crippen molar-refractivity contribution >= 4 is 37.9 Å². The summed E-state index contributed by atoms with van der Waals surface area (Å²) in [6.07, 6.45) is 0. The molecule has 0 aliphatic heterocycles. The standard InChI is InChI=1S/C25H22N4O4S/c1-32-17-11-13-18(14-12-17)34(30,31)23-22-25(28-20-9-5-4-8-19(20)27-22)29(24(23)26)15-16-7-3-6-10-21(16)33-2/h3-14H,15,26H2,1-2H3. The second-order valence-electron chi connectivity index (χ2n) is 7.68. The van der Waals surface area contributed by atoms with Gasteiger partial charge in [0.25, 0.3) is 0 Å². The Morgan fingerprint density at radius 3 is 2.18 bits per heavy atom. The first-order valence-corrected chi connectivity index (χ1v) is 12.0. The first-order chi connectivity index (χ1) is 16.4. The van der Waals surface area contributed by atoms with Gasteiger partial charge in [-0.25, -0.2) is 18.4 Å². The van der Waals surface area contributed by atoms with Gasteiger partial charge in [-0.15, -0.1) is 0 Å². The second-order valence-corrected chi connectivity index (χ2v) is 9.56. The predicted molar refractivity (Wildman–Crippen MR) is 130 cm³/mol. The van der Waals surface area contributed by atoms with Gasteiger partial charge in [-0.1, -0.05) is 30.3 Å². The van der Waals surface area contributed by atoms with Crippen LogP contribution in [0.4, 0.5) is 5.82 Å². The van der Waals surface area contributed by atoms with E-state index >= 15 is 0 Å². The van der Waals surface area contributed by atoms with Crippen molar-refractivity contribution in [3.05, 3.63) is 78.4 Å². The van der Waals surface area contributed by atoms with E-state index in [4.69, 9.17) is 20.2 Å². The molecule has 9 heteroatoms. The summed E-state index contributed by atoms with van der Waals surface area (Å²) in [5, 5.41) is 0. The lowest BCUT2D eigenvalue weighted by Gasteiger charge is -2.12. The molecule has 0 atom stereocenters. The molecule has 0 bridgehead atoms. The van der Waals surface area contributed by atoms with Crippen molar-refractivity contribution in [2.45, 2.75) is 16.3 Å². The molecule has 2 heterocycles. The molecule has 0 saturated heterocycles. The van der Waals surface area contributed by atoms with E-state index in [0.717, 1.165) is 5.56 Å². The molecule has 8 nitrogen and oxygen atoms in total. The number of ether oxygens (including phenoxy) is 2. The predicted octanol–water partition coefficient (Wildman–Crippen LogP) is 4.07. The molecular weight excluding hydrogens is 452 g/mol. The zero-order valence-electron chi connectivity index (χ0n) is 18.6. The van der Waals surface area contributed by atoms with Crippen molar-refractivity contribution in [3.8, 4) is 11.5 Å². The number of nitrogens with zero attached hydrogens (tertiary/aromatic N) is 3. The molecule has 2 aromatic heterocycles. The molecule has 0 fully saturated rings. The van der Waals surface area contributed by atoms with Crippen molar-refractivity contribution in [2.24, 2.45) is 0 Å². The first-order valence-electron chi connectivity index (χ1n) is 10.5. The van der Waals surface area contributed by atoms with Crippen LogP contribution in [0, 0.1) is 0 Å². The molecule has 34 heavy (non-hydrogen) atoms. The highest BCUT2D eigenvalue weighted by Crippen LogP contribution is 2.36. The fraction of sp³-hybridized carbons (Fsp3) is 0.120. The zero-order chi connectivity index (χ0) is 23.9. The van der Waals surface area contributed by atoms with E-state index in [1.807, 2.05) is 42.5 Å². The fourth-order valence-corrected chi connectivity index (χ4v) is 5.50.